The largest absolute Gasteiger partial charge is 0.497 e. The molecule has 5 rings (SSSR count). The molecule has 0 unspecified atom stereocenters. The topological polar surface area (TPSA) is 136 Å². The molecule has 2 atom stereocenters. The first-order valence-electron chi connectivity index (χ1n) is 14.4. The van der Waals surface area contributed by atoms with Crippen molar-refractivity contribution in [2.45, 2.75) is 43.3 Å². The van der Waals surface area contributed by atoms with Crippen LogP contribution in [-0.4, -0.2) is 80.5 Å². The first-order valence-corrected chi connectivity index (χ1v) is 15.8. The monoisotopic (exact) mass is 611 g/mol. The molecule has 12 heteroatoms. The number of ether oxygens (including phenoxy) is 3. The summed E-state index contributed by atoms with van der Waals surface area (Å²) in [7, 11) is -2.43. The van der Waals surface area contributed by atoms with Crippen molar-refractivity contribution >= 4 is 32.7 Å². The summed E-state index contributed by atoms with van der Waals surface area (Å²) in [5.74, 6) is 0.355. The number of rotatable bonds is 13. The molecule has 11 nitrogen and oxygen atoms in total. The van der Waals surface area contributed by atoms with E-state index in [4.69, 9.17) is 14.2 Å². The third-order valence-electron chi connectivity index (χ3n) is 7.70. The normalized spacial score (nSPS) is 18.7. The number of amides is 1. The first kappa shape index (κ1) is 30.7. The molecule has 0 spiro atoms. The van der Waals surface area contributed by atoms with E-state index in [9.17, 15) is 23.1 Å². The van der Waals surface area contributed by atoms with Gasteiger partial charge in [0, 0.05) is 50.5 Å². The standard InChI is InChI=1S/C31H37N3O8S/c1-21(36)34-20-27(26-5-3-4-6-28(26)34)23-17-29(31(37)32-19-22-7-8-22)42-30(18-23)41-16-14-33(13-15-35)43(38,39)25-11-9-24(40-2)10-12-25/h3-6,9-12,17,20,22-23,30,35H,7-8,13-16,18-19H2,1-2H3,(H,32,37)/t23-,30+/m1/s1. The molecule has 1 aromatic heterocycles. The van der Waals surface area contributed by atoms with Gasteiger partial charge in [-0.1, -0.05) is 18.2 Å². The Morgan fingerprint density at radius 3 is 2.53 bits per heavy atom. The Morgan fingerprint density at radius 1 is 1.12 bits per heavy atom. The molecule has 1 amide bonds. The zero-order chi connectivity index (χ0) is 30.6. The predicted molar refractivity (Wildman–Crippen MR) is 159 cm³/mol. The lowest BCUT2D eigenvalue weighted by molar-refractivity contribution is -0.146. The van der Waals surface area contributed by atoms with Gasteiger partial charge in [-0.25, -0.2) is 8.42 Å². The second-order valence-electron chi connectivity index (χ2n) is 10.7. The van der Waals surface area contributed by atoms with Crippen LogP contribution in [0.3, 0.4) is 0 Å². The molecular weight excluding hydrogens is 574 g/mol. The molecule has 2 N–H and O–H groups in total. The van der Waals surface area contributed by atoms with Crippen LogP contribution in [0.25, 0.3) is 10.9 Å². The average molecular weight is 612 g/mol. The van der Waals surface area contributed by atoms with Crippen molar-refractivity contribution < 1.29 is 37.3 Å². The zero-order valence-corrected chi connectivity index (χ0v) is 25.1. The molecule has 1 aliphatic heterocycles. The number of aromatic nitrogens is 1. The number of para-hydroxylation sites is 1. The van der Waals surface area contributed by atoms with E-state index in [1.54, 1.807) is 29.0 Å². The third-order valence-corrected chi connectivity index (χ3v) is 9.61. The van der Waals surface area contributed by atoms with E-state index in [0.29, 0.717) is 24.6 Å². The van der Waals surface area contributed by atoms with E-state index in [-0.39, 0.29) is 54.7 Å². The fourth-order valence-corrected chi connectivity index (χ4v) is 6.60. The number of nitrogens with one attached hydrogen (secondary N) is 1. The molecule has 230 valence electrons. The second kappa shape index (κ2) is 13.3. The van der Waals surface area contributed by atoms with Gasteiger partial charge in [0.05, 0.1) is 30.7 Å². The highest BCUT2D eigenvalue weighted by molar-refractivity contribution is 7.89. The van der Waals surface area contributed by atoms with Crippen molar-refractivity contribution in [3.05, 3.63) is 72.1 Å². The maximum atomic E-state index is 13.3. The second-order valence-corrected chi connectivity index (χ2v) is 12.7. The molecule has 1 fully saturated rings. The van der Waals surface area contributed by atoms with Crippen LogP contribution in [0.2, 0.25) is 0 Å². The van der Waals surface area contributed by atoms with E-state index in [1.807, 2.05) is 24.3 Å². The predicted octanol–water partition coefficient (Wildman–Crippen LogP) is 3.25. The molecule has 1 aliphatic carbocycles. The van der Waals surface area contributed by atoms with Gasteiger partial charge in [-0.3, -0.25) is 14.2 Å². The molecular formula is C31H37N3O8S. The number of sulfonamides is 1. The lowest BCUT2D eigenvalue weighted by atomic mass is 9.92. The van der Waals surface area contributed by atoms with Crippen LogP contribution in [0.15, 0.2) is 71.5 Å². The van der Waals surface area contributed by atoms with Crippen LogP contribution in [0, 0.1) is 5.92 Å². The van der Waals surface area contributed by atoms with Gasteiger partial charge >= 0.3 is 0 Å². The van der Waals surface area contributed by atoms with Gasteiger partial charge in [-0.15, -0.1) is 0 Å². The Kier molecular flexibility index (Phi) is 9.50. The number of aliphatic hydroxyl groups is 1. The fourth-order valence-electron chi connectivity index (χ4n) is 5.19. The number of aliphatic hydroxyl groups excluding tert-OH is 1. The molecule has 3 aromatic rings. The summed E-state index contributed by atoms with van der Waals surface area (Å²) in [5, 5.41) is 13.4. The van der Waals surface area contributed by atoms with Crippen LogP contribution in [-0.2, 0) is 24.3 Å². The number of nitrogens with zero attached hydrogens (tertiary/aromatic N) is 2. The maximum absolute atomic E-state index is 13.3. The highest BCUT2D eigenvalue weighted by Gasteiger charge is 2.32. The number of fused-ring (bicyclic) bond motifs is 1. The Hall–Kier alpha value is -3.71. The number of benzene rings is 2. The number of carbonyl (C=O) groups is 2. The maximum Gasteiger partial charge on any atom is 0.286 e. The van der Waals surface area contributed by atoms with Crippen molar-refractivity contribution in [2.75, 3.05) is 40.0 Å². The quantitative estimate of drug-likeness (QED) is 0.301. The van der Waals surface area contributed by atoms with Crippen molar-refractivity contribution in [1.82, 2.24) is 14.2 Å². The van der Waals surface area contributed by atoms with E-state index < -0.39 is 16.3 Å². The van der Waals surface area contributed by atoms with Crippen molar-refractivity contribution in [2.24, 2.45) is 5.92 Å². The zero-order valence-electron chi connectivity index (χ0n) is 24.3. The Labute approximate surface area is 251 Å². The first-order chi connectivity index (χ1) is 20.7. The summed E-state index contributed by atoms with van der Waals surface area (Å²) in [6.45, 7) is 1.49. The molecule has 2 aliphatic rings. The molecule has 43 heavy (non-hydrogen) atoms. The lowest BCUT2D eigenvalue weighted by Gasteiger charge is -2.30. The highest BCUT2D eigenvalue weighted by atomic mass is 32.2. The minimum Gasteiger partial charge on any atom is -0.497 e. The third kappa shape index (κ3) is 7.10. The van der Waals surface area contributed by atoms with E-state index in [0.717, 1.165) is 33.6 Å². The molecule has 0 bridgehead atoms. The van der Waals surface area contributed by atoms with Gasteiger partial charge in [0.15, 0.2) is 5.76 Å². The van der Waals surface area contributed by atoms with Crippen LogP contribution in [0.4, 0.5) is 0 Å². The molecule has 0 saturated heterocycles. The van der Waals surface area contributed by atoms with E-state index in [1.165, 1.54) is 26.2 Å². The van der Waals surface area contributed by atoms with Crippen molar-refractivity contribution in [3.8, 4) is 5.75 Å². The Bertz CT molecular complexity index is 1590. The molecule has 1 saturated carbocycles. The fraction of sp³-hybridized carbons (Fsp3) is 0.419. The van der Waals surface area contributed by atoms with Crippen LogP contribution in [0.1, 0.15) is 42.5 Å². The minimum atomic E-state index is -3.92. The van der Waals surface area contributed by atoms with Gasteiger partial charge in [0.2, 0.25) is 22.2 Å². The van der Waals surface area contributed by atoms with Crippen LogP contribution >= 0.6 is 0 Å². The summed E-state index contributed by atoms with van der Waals surface area (Å²) in [6, 6.07) is 13.6. The van der Waals surface area contributed by atoms with Crippen molar-refractivity contribution in [1.29, 1.82) is 0 Å². The Morgan fingerprint density at radius 2 is 1.86 bits per heavy atom. The number of allylic oxidation sites excluding steroid dienone is 1. The number of methoxy groups -OCH3 is 1. The smallest absolute Gasteiger partial charge is 0.286 e. The molecule has 0 radical (unpaired) electrons. The van der Waals surface area contributed by atoms with Crippen LogP contribution in [0.5, 0.6) is 5.75 Å². The SMILES string of the molecule is COc1ccc(S(=O)(=O)N(CCO)CCO[C@@H]2C[C@H](c3cn(C(C)=O)c4ccccc34)C=C(C(=O)NCC3CC3)O2)cc1. The molecule has 2 aromatic carbocycles. The van der Waals surface area contributed by atoms with Crippen molar-refractivity contribution in [3.63, 3.8) is 0 Å². The summed E-state index contributed by atoms with van der Waals surface area (Å²) >= 11 is 0. The van der Waals surface area contributed by atoms with E-state index >= 15 is 0 Å². The van der Waals surface area contributed by atoms with Gasteiger partial charge in [-0.2, -0.15) is 4.31 Å². The van der Waals surface area contributed by atoms with Gasteiger partial charge in [0.25, 0.3) is 5.91 Å². The summed E-state index contributed by atoms with van der Waals surface area (Å²) in [5.41, 5.74) is 1.63. The van der Waals surface area contributed by atoms with Gasteiger partial charge in [-0.05, 0) is 60.7 Å². The summed E-state index contributed by atoms with van der Waals surface area (Å²) < 4.78 is 46.5. The highest BCUT2D eigenvalue weighted by Crippen LogP contribution is 2.37. The van der Waals surface area contributed by atoms with Gasteiger partial charge in [0.1, 0.15) is 5.75 Å². The minimum absolute atomic E-state index is 0.0427. The number of hydrogen-bond donors (Lipinski definition) is 2. The van der Waals surface area contributed by atoms with Crippen LogP contribution < -0.4 is 10.1 Å². The van der Waals surface area contributed by atoms with E-state index in [2.05, 4.69) is 5.32 Å². The summed E-state index contributed by atoms with van der Waals surface area (Å²) in [4.78, 5) is 25.5. The number of carbonyl (C=O) groups excluding carboxylic acids is 2. The lowest BCUT2D eigenvalue weighted by Crippen LogP contribution is -2.38. The number of hydrogen-bond acceptors (Lipinski definition) is 8. The Balaban J connectivity index is 1.34. The average Bonchev–Trinajstić information content (AvgIpc) is 3.76. The summed E-state index contributed by atoms with van der Waals surface area (Å²) in [6.07, 6.45) is 5.22. The molecule has 2 heterocycles. The van der Waals surface area contributed by atoms with Gasteiger partial charge < -0.3 is 24.6 Å².